The van der Waals surface area contributed by atoms with Crippen molar-refractivity contribution in [2.24, 2.45) is 0 Å². The SMILES string of the molecule is CCCCC/C=C\C/C=C\C/C=C\CCCCCCC(=O)OC(CCCCCCCCCCCCCCCC)CC(=O)NC(CO)C(O)CCCCCCCCCCC. The van der Waals surface area contributed by atoms with E-state index < -0.39 is 18.2 Å². The number of unbranched alkanes of at least 4 members (excludes halogenated alkanes) is 28. The summed E-state index contributed by atoms with van der Waals surface area (Å²) in [5, 5.41) is 23.7. The molecule has 0 rings (SSSR count). The van der Waals surface area contributed by atoms with Gasteiger partial charge >= 0.3 is 5.97 Å². The number of aliphatic hydroxyl groups is 2. The summed E-state index contributed by atoms with van der Waals surface area (Å²) in [6.07, 6.45) is 54.9. The van der Waals surface area contributed by atoms with Gasteiger partial charge in [-0.05, 0) is 64.2 Å². The maximum absolute atomic E-state index is 13.2. The summed E-state index contributed by atoms with van der Waals surface area (Å²) in [7, 11) is 0. The topological polar surface area (TPSA) is 95.9 Å². The average Bonchev–Trinajstić information content (AvgIpc) is 3.23. The number of esters is 1. The molecule has 3 atom stereocenters. The second-order valence-corrected chi connectivity index (χ2v) is 17.6. The van der Waals surface area contributed by atoms with E-state index in [-0.39, 0.29) is 24.9 Å². The van der Waals surface area contributed by atoms with Crippen molar-refractivity contribution in [1.82, 2.24) is 5.32 Å². The molecule has 1 amide bonds. The quantitative estimate of drug-likeness (QED) is 0.0323. The Kier molecular flexibility index (Phi) is 45.6. The first-order chi connectivity index (χ1) is 29.0. The van der Waals surface area contributed by atoms with E-state index in [0.29, 0.717) is 19.3 Å². The van der Waals surface area contributed by atoms with Crippen molar-refractivity contribution < 1.29 is 24.5 Å². The van der Waals surface area contributed by atoms with Crippen LogP contribution in [0.15, 0.2) is 36.5 Å². The van der Waals surface area contributed by atoms with E-state index in [4.69, 9.17) is 4.74 Å². The van der Waals surface area contributed by atoms with Crippen LogP contribution in [0.2, 0.25) is 0 Å². The Balaban J connectivity index is 4.58. The molecule has 0 aliphatic carbocycles. The Hall–Kier alpha value is -1.92. The molecule has 0 aromatic carbocycles. The Labute approximate surface area is 366 Å². The minimum atomic E-state index is -0.787. The molecule has 0 fully saturated rings. The highest BCUT2D eigenvalue weighted by Crippen LogP contribution is 2.18. The predicted octanol–water partition coefficient (Wildman–Crippen LogP) is 15.3. The van der Waals surface area contributed by atoms with Crippen molar-refractivity contribution >= 4 is 11.9 Å². The summed E-state index contributed by atoms with van der Waals surface area (Å²) >= 11 is 0. The van der Waals surface area contributed by atoms with Crippen LogP contribution in [0.5, 0.6) is 0 Å². The van der Waals surface area contributed by atoms with Crippen molar-refractivity contribution in [1.29, 1.82) is 0 Å². The third kappa shape index (κ3) is 42.6. The van der Waals surface area contributed by atoms with Crippen molar-refractivity contribution in [3.63, 3.8) is 0 Å². The van der Waals surface area contributed by atoms with Gasteiger partial charge in [0.05, 0.1) is 25.2 Å². The molecule has 346 valence electrons. The van der Waals surface area contributed by atoms with E-state index >= 15 is 0 Å². The lowest BCUT2D eigenvalue weighted by Gasteiger charge is -2.24. The van der Waals surface area contributed by atoms with Gasteiger partial charge in [0, 0.05) is 6.42 Å². The minimum Gasteiger partial charge on any atom is -0.462 e. The molecule has 0 radical (unpaired) electrons. The van der Waals surface area contributed by atoms with E-state index in [2.05, 4.69) is 62.5 Å². The number of rotatable bonds is 46. The van der Waals surface area contributed by atoms with E-state index in [9.17, 15) is 19.8 Å². The number of aliphatic hydroxyl groups excluding tert-OH is 2. The van der Waals surface area contributed by atoms with Crippen LogP contribution in [0, 0.1) is 0 Å². The van der Waals surface area contributed by atoms with Gasteiger partial charge in [0.1, 0.15) is 6.10 Å². The molecule has 0 saturated heterocycles. The van der Waals surface area contributed by atoms with Gasteiger partial charge in [-0.2, -0.15) is 0 Å². The highest BCUT2D eigenvalue weighted by molar-refractivity contribution is 5.77. The van der Waals surface area contributed by atoms with Gasteiger partial charge in [-0.1, -0.05) is 224 Å². The van der Waals surface area contributed by atoms with Gasteiger partial charge in [-0.15, -0.1) is 0 Å². The van der Waals surface area contributed by atoms with Crippen molar-refractivity contribution in [2.75, 3.05) is 6.61 Å². The highest BCUT2D eigenvalue weighted by atomic mass is 16.5. The second kappa shape index (κ2) is 47.1. The molecular formula is C53H99NO5. The monoisotopic (exact) mass is 830 g/mol. The number of amides is 1. The van der Waals surface area contributed by atoms with Crippen molar-refractivity contribution in [3.05, 3.63) is 36.5 Å². The molecule has 0 saturated carbocycles. The molecule has 0 spiro atoms. The largest absolute Gasteiger partial charge is 0.462 e. The molecule has 0 aliphatic heterocycles. The Bertz CT molecular complexity index is 977. The lowest BCUT2D eigenvalue weighted by molar-refractivity contribution is -0.151. The van der Waals surface area contributed by atoms with Gasteiger partial charge in [-0.25, -0.2) is 0 Å². The first-order valence-electron chi connectivity index (χ1n) is 25.7. The number of carbonyl (C=O) groups is 2. The molecule has 0 aromatic rings. The van der Waals surface area contributed by atoms with Crippen LogP contribution in [0.4, 0.5) is 0 Å². The fourth-order valence-corrected chi connectivity index (χ4v) is 7.79. The van der Waals surface area contributed by atoms with Gasteiger partial charge in [0.15, 0.2) is 0 Å². The minimum absolute atomic E-state index is 0.0721. The van der Waals surface area contributed by atoms with Crippen molar-refractivity contribution in [3.8, 4) is 0 Å². The summed E-state index contributed by atoms with van der Waals surface area (Å²) < 4.78 is 5.93. The second-order valence-electron chi connectivity index (χ2n) is 17.6. The van der Waals surface area contributed by atoms with E-state index in [1.165, 1.54) is 141 Å². The number of hydrogen-bond donors (Lipinski definition) is 3. The molecule has 3 N–H and O–H groups in total. The molecular weight excluding hydrogens is 731 g/mol. The molecule has 6 heteroatoms. The van der Waals surface area contributed by atoms with Crippen LogP contribution in [0.3, 0.4) is 0 Å². The Morgan fingerprint density at radius 1 is 0.492 bits per heavy atom. The third-order valence-electron chi connectivity index (χ3n) is 11.7. The fraction of sp³-hybridized carbons (Fsp3) is 0.849. The summed E-state index contributed by atoms with van der Waals surface area (Å²) in [5.41, 5.74) is 0. The summed E-state index contributed by atoms with van der Waals surface area (Å²) in [4.78, 5) is 26.1. The van der Waals surface area contributed by atoms with Gasteiger partial charge < -0.3 is 20.3 Å². The number of ether oxygens (including phenoxy) is 1. The third-order valence-corrected chi connectivity index (χ3v) is 11.7. The van der Waals surface area contributed by atoms with Crippen LogP contribution in [0.1, 0.15) is 265 Å². The van der Waals surface area contributed by atoms with E-state index in [1.54, 1.807) is 0 Å². The summed E-state index contributed by atoms with van der Waals surface area (Å²) in [6, 6.07) is -0.701. The standard InChI is InChI=1S/C53H99NO5/c1-4-7-10-13-16-19-21-23-25-26-27-29-31-34-37-40-43-46-53(58)59-49(44-41-38-35-33-30-28-24-22-20-17-14-11-8-5-2)47-52(57)54-50(48-55)51(56)45-42-39-36-32-18-15-12-9-6-3/h16,19,23,25,27,29,49-51,55-56H,4-15,17-18,20-22,24,26,28,30-48H2,1-3H3,(H,54,57)/b19-16-,25-23-,29-27-. The van der Waals surface area contributed by atoms with E-state index in [0.717, 1.165) is 77.0 Å². The Morgan fingerprint density at radius 2 is 0.864 bits per heavy atom. The zero-order valence-electron chi connectivity index (χ0n) is 39.4. The van der Waals surface area contributed by atoms with Crippen LogP contribution in [-0.2, 0) is 14.3 Å². The number of carbonyl (C=O) groups excluding carboxylic acids is 2. The van der Waals surface area contributed by atoms with Gasteiger partial charge in [-0.3, -0.25) is 9.59 Å². The summed E-state index contributed by atoms with van der Waals surface area (Å²) in [6.45, 7) is 6.44. The van der Waals surface area contributed by atoms with Gasteiger partial charge in [0.2, 0.25) is 5.91 Å². The van der Waals surface area contributed by atoms with Gasteiger partial charge in [0.25, 0.3) is 0 Å². The zero-order chi connectivity index (χ0) is 43.1. The number of nitrogens with one attached hydrogen (secondary N) is 1. The fourth-order valence-electron chi connectivity index (χ4n) is 7.79. The molecule has 6 nitrogen and oxygen atoms in total. The molecule has 0 heterocycles. The lowest BCUT2D eigenvalue weighted by atomic mass is 10.0. The smallest absolute Gasteiger partial charge is 0.306 e. The van der Waals surface area contributed by atoms with Crippen molar-refractivity contribution in [2.45, 2.75) is 283 Å². The van der Waals surface area contributed by atoms with E-state index in [1.807, 2.05) is 0 Å². The maximum Gasteiger partial charge on any atom is 0.306 e. The predicted molar refractivity (Wildman–Crippen MR) is 255 cm³/mol. The van der Waals surface area contributed by atoms with Crippen LogP contribution in [-0.4, -0.2) is 46.9 Å². The molecule has 3 unspecified atom stereocenters. The summed E-state index contributed by atoms with van der Waals surface area (Å²) in [5.74, 6) is -0.490. The van der Waals surface area contributed by atoms with Crippen LogP contribution in [0.25, 0.3) is 0 Å². The molecule has 0 bridgehead atoms. The molecule has 59 heavy (non-hydrogen) atoms. The number of hydrogen-bond acceptors (Lipinski definition) is 5. The van der Waals surface area contributed by atoms with Crippen LogP contribution >= 0.6 is 0 Å². The number of allylic oxidation sites excluding steroid dienone is 6. The highest BCUT2D eigenvalue weighted by Gasteiger charge is 2.24. The van der Waals surface area contributed by atoms with Crippen LogP contribution < -0.4 is 5.32 Å². The lowest BCUT2D eigenvalue weighted by Crippen LogP contribution is -2.46. The normalized spacial score (nSPS) is 13.5. The molecule has 0 aliphatic rings. The zero-order valence-corrected chi connectivity index (χ0v) is 39.4. The molecule has 0 aromatic heterocycles. The first-order valence-corrected chi connectivity index (χ1v) is 25.7. The maximum atomic E-state index is 13.2. The average molecular weight is 830 g/mol. The Morgan fingerprint density at radius 3 is 1.34 bits per heavy atom. The first kappa shape index (κ1) is 57.1.